The van der Waals surface area contributed by atoms with E-state index in [-0.39, 0.29) is 26.7 Å². The van der Waals surface area contributed by atoms with Crippen LogP contribution in [0, 0.1) is 22.7 Å². The van der Waals surface area contributed by atoms with Crippen molar-refractivity contribution in [2.45, 2.75) is 109 Å². The number of carbonyl (C=O) groups excluding carboxylic acids is 1. The Labute approximate surface area is 221 Å². The number of carbonyl (C=O) groups is 1. The standard InChI is InChI=1S/C29H46N4O2S/c1-19(23-16-28(6,7)36(35)29(8,9)17-23)10-11-24(33-26(34)21(3)32-25(31)18-30)20(2)22-12-14-27(4,5)15-13-22/h10-12,21,23,25,32H,1,13-17,31H2,2-9H3,(H,33,34)/b11-10-,24-20-. The zero-order valence-electron chi connectivity index (χ0n) is 23.5. The van der Waals surface area contributed by atoms with Gasteiger partial charge in [0, 0.05) is 26.0 Å². The second-order valence-electron chi connectivity index (χ2n) is 12.4. The summed E-state index contributed by atoms with van der Waals surface area (Å²) in [7, 11) is -0.926. The second-order valence-corrected chi connectivity index (χ2v) is 15.2. The van der Waals surface area contributed by atoms with E-state index in [2.05, 4.69) is 64.8 Å². The highest BCUT2D eigenvalue weighted by Crippen LogP contribution is 2.44. The molecule has 0 saturated carbocycles. The summed E-state index contributed by atoms with van der Waals surface area (Å²) in [5.41, 5.74) is 9.91. The van der Waals surface area contributed by atoms with E-state index >= 15 is 0 Å². The van der Waals surface area contributed by atoms with E-state index in [0.29, 0.717) is 0 Å². The summed E-state index contributed by atoms with van der Waals surface area (Å²) in [6.07, 6.45) is 9.96. The highest BCUT2D eigenvalue weighted by Gasteiger charge is 2.45. The molecule has 0 spiro atoms. The van der Waals surface area contributed by atoms with E-state index in [1.807, 2.05) is 25.1 Å². The average Bonchev–Trinajstić information content (AvgIpc) is 2.78. The summed E-state index contributed by atoms with van der Waals surface area (Å²) in [6, 6.07) is 1.27. The van der Waals surface area contributed by atoms with E-state index < -0.39 is 23.0 Å². The first-order valence-electron chi connectivity index (χ1n) is 12.9. The number of nitriles is 1. The van der Waals surface area contributed by atoms with Crippen molar-refractivity contribution >= 4 is 16.7 Å². The molecular formula is C29H46N4O2S. The smallest absolute Gasteiger partial charge is 0.241 e. The number of allylic oxidation sites excluding steroid dienone is 6. The Balaban J connectivity index is 2.33. The summed E-state index contributed by atoms with van der Waals surface area (Å²) < 4.78 is 12.4. The van der Waals surface area contributed by atoms with Gasteiger partial charge in [0.05, 0.1) is 12.1 Å². The number of nitrogens with zero attached hydrogens (tertiary/aromatic N) is 1. The van der Waals surface area contributed by atoms with Gasteiger partial charge in [0.25, 0.3) is 0 Å². The third-order valence-electron chi connectivity index (χ3n) is 7.55. The van der Waals surface area contributed by atoms with Crippen molar-refractivity contribution in [3.63, 3.8) is 0 Å². The van der Waals surface area contributed by atoms with Crippen LogP contribution in [0.15, 0.2) is 47.2 Å². The lowest BCUT2D eigenvalue weighted by molar-refractivity contribution is -0.122. The molecule has 2 rings (SSSR count). The lowest BCUT2D eigenvalue weighted by atomic mass is 9.77. The molecule has 200 valence electrons. The molecule has 2 unspecified atom stereocenters. The molecule has 1 heterocycles. The van der Waals surface area contributed by atoms with Crippen molar-refractivity contribution in [3.05, 3.63) is 47.2 Å². The maximum atomic E-state index is 13.0. The summed E-state index contributed by atoms with van der Waals surface area (Å²) in [6.45, 7) is 20.9. The van der Waals surface area contributed by atoms with E-state index in [1.165, 1.54) is 5.57 Å². The fourth-order valence-corrected chi connectivity index (χ4v) is 7.42. The van der Waals surface area contributed by atoms with Gasteiger partial charge in [-0.15, -0.1) is 0 Å². The van der Waals surface area contributed by atoms with Crippen LogP contribution in [0.4, 0.5) is 0 Å². The first-order chi connectivity index (χ1) is 16.5. The molecule has 0 aromatic carbocycles. The molecule has 0 radical (unpaired) electrons. The highest BCUT2D eigenvalue weighted by atomic mass is 32.2. The molecule has 4 N–H and O–H groups in total. The quantitative estimate of drug-likeness (QED) is 0.307. The van der Waals surface area contributed by atoms with Crippen LogP contribution < -0.4 is 16.4 Å². The molecule has 6 nitrogen and oxygen atoms in total. The van der Waals surface area contributed by atoms with Crippen LogP contribution in [-0.2, 0) is 15.6 Å². The Bertz CT molecular complexity index is 1010. The van der Waals surface area contributed by atoms with Crippen molar-refractivity contribution < 1.29 is 9.00 Å². The minimum atomic E-state index is -0.926. The predicted molar refractivity (Wildman–Crippen MR) is 150 cm³/mol. The number of rotatable bonds is 8. The summed E-state index contributed by atoms with van der Waals surface area (Å²) in [5.74, 6) is -0.0394. The Morgan fingerprint density at radius 3 is 2.31 bits per heavy atom. The molecule has 1 saturated heterocycles. The third-order valence-corrected chi connectivity index (χ3v) is 9.89. The fraction of sp³-hybridized carbons (Fsp3) is 0.655. The van der Waals surface area contributed by atoms with Gasteiger partial charge in [-0.3, -0.25) is 14.3 Å². The number of nitrogens with one attached hydrogen (secondary N) is 2. The minimum absolute atomic E-state index is 0.213. The number of amides is 1. The van der Waals surface area contributed by atoms with Gasteiger partial charge >= 0.3 is 0 Å². The topological polar surface area (TPSA) is 108 Å². The van der Waals surface area contributed by atoms with Gasteiger partial charge in [-0.05, 0) is 102 Å². The van der Waals surface area contributed by atoms with Crippen LogP contribution >= 0.6 is 0 Å². The molecule has 0 bridgehead atoms. The SMILES string of the molecule is C=C(/C=C\C(NC(=O)C(C)NC(N)C#N)=C(/C)C1=CCC(C)(C)CC1)C1CC(C)(C)S(=O)C(C)(C)C1. The first kappa shape index (κ1) is 30.2. The Hall–Kier alpha value is -2.01. The van der Waals surface area contributed by atoms with E-state index in [0.717, 1.165) is 48.9 Å². The third kappa shape index (κ3) is 7.74. The molecule has 0 aromatic heterocycles. The van der Waals surface area contributed by atoms with Gasteiger partial charge < -0.3 is 11.1 Å². The Morgan fingerprint density at radius 2 is 1.81 bits per heavy atom. The second kappa shape index (κ2) is 11.6. The minimum Gasteiger partial charge on any atom is -0.324 e. The van der Waals surface area contributed by atoms with Crippen LogP contribution in [0.25, 0.3) is 0 Å². The number of nitrogens with two attached hydrogens (primary N) is 1. The zero-order valence-corrected chi connectivity index (χ0v) is 24.3. The van der Waals surface area contributed by atoms with Crippen molar-refractivity contribution in [3.8, 4) is 6.07 Å². The molecule has 1 amide bonds. The predicted octanol–water partition coefficient (Wildman–Crippen LogP) is 5.13. The van der Waals surface area contributed by atoms with Gasteiger partial charge in [-0.1, -0.05) is 38.2 Å². The molecule has 2 atom stereocenters. The Kier molecular flexibility index (Phi) is 9.72. The fourth-order valence-electron chi connectivity index (χ4n) is 5.22. The largest absolute Gasteiger partial charge is 0.324 e. The van der Waals surface area contributed by atoms with Crippen LogP contribution in [-0.4, -0.2) is 31.8 Å². The van der Waals surface area contributed by atoms with Gasteiger partial charge in [0.15, 0.2) is 0 Å². The van der Waals surface area contributed by atoms with E-state index in [1.54, 1.807) is 6.92 Å². The van der Waals surface area contributed by atoms with Crippen molar-refractivity contribution in [2.24, 2.45) is 17.1 Å². The first-order valence-corrected chi connectivity index (χ1v) is 14.1. The van der Waals surface area contributed by atoms with Crippen molar-refractivity contribution in [1.29, 1.82) is 5.26 Å². The number of hydrogen-bond acceptors (Lipinski definition) is 5. The molecule has 1 aliphatic heterocycles. The Morgan fingerprint density at radius 1 is 1.22 bits per heavy atom. The van der Waals surface area contributed by atoms with Crippen LogP contribution in [0.3, 0.4) is 0 Å². The van der Waals surface area contributed by atoms with Gasteiger partial charge in [-0.25, -0.2) is 0 Å². The van der Waals surface area contributed by atoms with E-state index in [9.17, 15) is 9.00 Å². The molecule has 1 aliphatic carbocycles. The maximum Gasteiger partial charge on any atom is 0.241 e. The average molecular weight is 515 g/mol. The number of hydrogen-bond donors (Lipinski definition) is 3. The van der Waals surface area contributed by atoms with Gasteiger partial charge in [0.1, 0.15) is 6.17 Å². The lowest BCUT2D eigenvalue weighted by Crippen LogP contribution is -2.49. The van der Waals surface area contributed by atoms with Crippen molar-refractivity contribution in [1.82, 2.24) is 10.6 Å². The van der Waals surface area contributed by atoms with E-state index in [4.69, 9.17) is 11.0 Å². The summed E-state index contributed by atoms with van der Waals surface area (Å²) in [4.78, 5) is 13.0. The molecule has 1 fully saturated rings. The van der Waals surface area contributed by atoms with Crippen LogP contribution in [0.5, 0.6) is 0 Å². The normalized spacial score (nSPS) is 27.3. The van der Waals surface area contributed by atoms with Gasteiger partial charge in [0.2, 0.25) is 5.91 Å². The molecular weight excluding hydrogens is 468 g/mol. The maximum absolute atomic E-state index is 13.0. The van der Waals surface area contributed by atoms with Crippen molar-refractivity contribution in [2.75, 3.05) is 0 Å². The molecule has 36 heavy (non-hydrogen) atoms. The molecule has 2 aliphatic rings. The monoisotopic (exact) mass is 514 g/mol. The highest BCUT2D eigenvalue weighted by molar-refractivity contribution is 7.87. The lowest BCUT2D eigenvalue weighted by Gasteiger charge is -2.44. The van der Waals surface area contributed by atoms with Gasteiger partial charge in [-0.2, -0.15) is 5.26 Å². The zero-order chi connectivity index (χ0) is 27.5. The molecule has 7 heteroatoms. The molecule has 0 aromatic rings. The van der Waals surface area contributed by atoms with Crippen LogP contribution in [0.2, 0.25) is 0 Å². The summed E-state index contributed by atoms with van der Waals surface area (Å²) >= 11 is 0. The van der Waals surface area contributed by atoms with Crippen LogP contribution in [0.1, 0.15) is 87.5 Å². The summed E-state index contributed by atoms with van der Waals surface area (Å²) in [5, 5.41) is 14.8.